The van der Waals surface area contributed by atoms with Crippen LogP contribution in [0.1, 0.15) is 41.7 Å². The molecular formula is C23H24N4O4S3. The number of carbonyl (C=O) groups is 2. The van der Waals surface area contributed by atoms with E-state index in [1.807, 2.05) is 30.3 Å². The molecular weight excluding hydrogens is 492 g/mol. The number of urea groups is 1. The molecule has 0 radical (unpaired) electrons. The van der Waals surface area contributed by atoms with Crippen LogP contribution in [0.3, 0.4) is 0 Å². The van der Waals surface area contributed by atoms with Gasteiger partial charge in [0.1, 0.15) is 10.0 Å². The number of nitrogens with one attached hydrogen (secondary N) is 2. The van der Waals surface area contributed by atoms with Gasteiger partial charge >= 0.3 is 6.03 Å². The molecule has 4 rings (SSSR count). The number of pyridine rings is 1. The van der Waals surface area contributed by atoms with Gasteiger partial charge in [0.25, 0.3) is 0 Å². The molecule has 1 aliphatic rings. The van der Waals surface area contributed by atoms with Crippen LogP contribution >= 0.6 is 23.1 Å². The number of ketones is 1. The van der Waals surface area contributed by atoms with Gasteiger partial charge in [0.2, 0.25) is 0 Å². The number of nitrogens with zero attached hydrogens (tertiary/aromatic N) is 2. The molecule has 11 heteroatoms. The van der Waals surface area contributed by atoms with E-state index >= 15 is 0 Å². The molecule has 0 atom stereocenters. The standard InChI is InChI=1S/C23H24N4O4S3/c1-34(30,31)21-18(14-32-16-10-3-2-4-11-16)25-23(33-21)27-22(29)26-20-17(12-7-13-24-20)19(28)15-8-5-6-9-15/h2-4,7,10-13,15H,5-6,8-9,14H2,1H3,(H2,24,25,26,27,29). The van der Waals surface area contributed by atoms with Gasteiger partial charge in [-0.1, -0.05) is 42.4 Å². The van der Waals surface area contributed by atoms with E-state index in [1.54, 1.807) is 12.1 Å². The van der Waals surface area contributed by atoms with Crippen LogP contribution in [-0.2, 0) is 15.6 Å². The minimum atomic E-state index is -3.53. The first-order valence-corrected chi connectivity index (χ1v) is 14.5. The summed E-state index contributed by atoms with van der Waals surface area (Å²) < 4.78 is 24.7. The van der Waals surface area contributed by atoms with E-state index in [1.165, 1.54) is 18.0 Å². The first kappa shape index (κ1) is 24.4. The van der Waals surface area contributed by atoms with E-state index < -0.39 is 15.9 Å². The van der Waals surface area contributed by atoms with Crippen LogP contribution in [0.15, 0.2) is 57.8 Å². The van der Waals surface area contributed by atoms with Crippen LogP contribution in [0.2, 0.25) is 0 Å². The van der Waals surface area contributed by atoms with Gasteiger partial charge in [-0.25, -0.2) is 23.2 Å². The Morgan fingerprint density at radius 1 is 1.09 bits per heavy atom. The number of aromatic nitrogens is 2. The van der Waals surface area contributed by atoms with Crippen molar-refractivity contribution >= 4 is 55.7 Å². The Morgan fingerprint density at radius 2 is 1.82 bits per heavy atom. The number of rotatable bonds is 8. The molecule has 34 heavy (non-hydrogen) atoms. The number of thioether (sulfide) groups is 1. The quantitative estimate of drug-likeness (QED) is 0.310. The second kappa shape index (κ2) is 10.7. The van der Waals surface area contributed by atoms with Crippen molar-refractivity contribution in [3.05, 3.63) is 59.9 Å². The lowest BCUT2D eigenvalue weighted by Crippen LogP contribution is -2.23. The van der Waals surface area contributed by atoms with Gasteiger partial charge in [0.15, 0.2) is 20.8 Å². The van der Waals surface area contributed by atoms with E-state index in [0.717, 1.165) is 48.2 Å². The maximum absolute atomic E-state index is 12.9. The summed E-state index contributed by atoms with van der Waals surface area (Å²) in [5.41, 5.74) is 0.757. The molecule has 1 saturated carbocycles. The molecule has 0 spiro atoms. The molecule has 3 aromatic rings. The van der Waals surface area contributed by atoms with E-state index in [9.17, 15) is 18.0 Å². The van der Waals surface area contributed by atoms with Gasteiger partial charge < -0.3 is 0 Å². The fourth-order valence-corrected chi connectivity index (χ4v) is 6.93. The fraction of sp³-hybridized carbons (Fsp3) is 0.304. The topological polar surface area (TPSA) is 118 Å². The maximum Gasteiger partial charge on any atom is 0.326 e. The third-order valence-corrected chi connectivity index (χ3v) is 9.27. The van der Waals surface area contributed by atoms with Crippen LogP contribution in [0, 0.1) is 5.92 Å². The molecule has 1 aromatic carbocycles. The maximum atomic E-state index is 12.9. The summed E-state index contributed by atoms with van der Waals surface area (Å²) in [7, 11) is -3.53. The predicted octanol–water partition coefficient (Wildman–Crippen LogP) is 5.25. The number of anilines is 2. The van der Waals surface area contributed by atoms with Crippen molar-refractivity contribution in [2.24, 2.45) is 5.92 Å². The van der Waals surface area contributed by atoms with Gasteiger partial charge in [-0.15, -0.1) is 11.8 Å². The van der Waals surface area contributed by atoms with Gasteiger partial charge in [-0.2, -0.15) is 0 Å². The average molecular weight is 517 g/mol. The van der Waals surface area contributed by atoms with Crippen LogP contribution in [0.25, 0.3) is 0 Å². The summed E-state index contributed by atoms with van der Waals surface area (Å²) in [5.74, 6) is 0.451. The summed E-state index contributed by atoms with van der Waals surface area (Å²) in [4.78, 5) is 35.0. The highest BCUT2D eigenvalue weighted by Crippen LogP contribution is 2.33. The molecule has 2 heterocycles. The van der Waals surface area contributed by atoms with Crippen molar-refractivity contribution in [3.63, 3.8) is 0 Å². The normalized spacial score (nSPS) is 14.1. The third kappa shape index (κ3) is 6.02. The Kier molecular flexibility index (Phi) is 7.64. The molecule has 1 aliphatic carbocycles. The van der Waals surface area contributed by atoms with Crippen molar-refractivity contribution in [1.29, 1.82) is 0 Å². The lowest BCUT2D eigenvalue weighted by molar-refractivity contribution is 0.0923. The van der Waals surface area contributed by atoms with E-state index in [2.05, 4.69) is 20.6 Å². The predicted molar refractivity (Wildman–Crippen MR) is 134 cm³/mol. The van der Waals surface area contributed by atoms with E-state index in [0.29, 0.717) is 17.0 Å². The monoisotopic (exact) mass is 516 g/mol. The van der Waals surface area contributed by atoms with Crippen molar-refractivity contribution in [2.75, 3.05) is 16.9 Å². The Hall–Kier alpha value is -2.76. The third-order valence-electron chi connectivity index (χ3n) is 5.37. The molecule has 0 aliphatic heterocycles. The number of hydrogen-bond acceptors (Lipinski definition) is 8. The summed E-state index contributed by atoms with van der Waals surface area (Å²) in [6, 6.07) is 12.3. The van der Waals surface area contributed by atoms with Crippen molar-refractivity contribution in [3.8, 4) is 0 Å². The molecule has 2 amide bonds. The fourth-order valence-electron chi connectivity index (χ4n) is 3.79. The zero-order valence-electron chi connectivity index (χ0n) is 18.5. The summed E-state index contributed by atoms with van der Waals surface area (Å²) >= 11 is 2.36. The molecule has 0 bridgehead atoms. The summed E-state index contributed by atoms with van der Waals surface area (Å²) in [5, 5.41) is 5.36. The van der Waals surface area contributed by atoms with Gasteiger partial charge in [0.05, 0.1) is 11.3 Å². The van der Waals surface area contributed by atoms with Gasteiger partial charge in [0, 0.05) is 29.0 Å². The molecule has 2 aromatic heterocycles. The molecule has 8 nitrogen and oxygen atoms in total. The molecule has 0 saturated heterocycles. The average Bonchev–Trinajstić information content (AvgIpc) is 3.48. The van der Waals surface area contributed by atoms with E-state index in [-0.39, 0.29) is 26.9 Å². The lowest BCUT2D eigenvalue weighted by atomic mass is 9.97. The van der Waals surface area contributed by atoms with Crippen molar-refractivity contribution < 1.29 is 18.0 Å². The molecule has 178 valence electrons. The smallest absolute Gasteiger partial charge is 0.294 e. The molecule has 1 fully saturated rings. The van der Waals surface area contributed by atoms with Crippen LogP contribution < -0.4 is 10.6 Å². The minimum Gasteiger partial charge on any atom is -0.294 e. The summed E-state index contributed by atoms with van der Waals surface area (Å²) in [6.45, 7) is 0. The number of carbonyl (C=O) groups excluding carboxylic acids is 2. The van der Waals surface area contributed by atoms with Crippen LogP contribution in [-0.4, -0.2) is 36.5 Å². The number of thiazole rings is 1. The van der Waals surface area contributed by atoms with Crippen LogP contribution in [0.4, 0.5) is 15.7 Å². The number of benzene rings is 1. The van der Waals surface area contributed by atoms with Gasteiger partial charge in [-0.05, 0) is 37.1 Å². The Bertz CT molecular complexity index is 1290. The highest BCUT2D eigenvalue weighted by Gasteiger charge is 2.27. The Morgan fingerprint density at radius 3 is 2.53 bits per heavy atom. The Labute approximate surface area is 206 Å². The van der Waals surface area contributed by atoms with Crippen molar-refractivity contribution in [1.82, 2.24) is 9.97 Å². The molecule has 2 N–H and O–H groups in total. The summed E-state index contributed by atoms with van der Waals surface area (Å²) in [6.07, 6.45) is 6.36. The number of amides is 2. The lowest BCUT2D eigenvalue weighted by Gasteiger charge is -2.12. The molecule has 0 unspecified atom stereocenters. The Balaban J connectivity index is 1.48. The second-order valence-corrected chi connectivity index (χ2v) is 12.2. The first-order valence-electron chi connectivity index (χ1n) is 10.8. The first-order chi connectivity index (χ1) is 16.3. The number of Topliss-reactive ketones (excluding diaryl/α,β-unsaturated/α-hetero) is 1. The highest BCUT2D eigenvalue weighted by atomic mass is 32.2. The number of hydrogen-bond donors (Lipinski definition) is 2. The number of sulfone groups is 1. The van der Waals surface area contributed by atoms with Gasteiger partial charge in [-0.3, -0.25) is 15.4 Å². The van der Waals surface area contributed by atoms with E-state index in [4.69, 9.17) is 0 Å². The van der Waals surface area contributed by atoms with Crippen LogP contribution in [0.5, 0.6) is 0 Å². The minimum absolute atomic E-state index is 0.0188. The zero-order valence-corrected chi connectivity index (χ0v) is 20.9. The second-order valence-electron chi connectivity index (χ2n) is 7.95. The largest absolute Gasteiger partial charge is 0.326 e. The zero-order chi connectivity index (χ0) is 24.1. The van der Waals surface area contributed by atoms with Crippen molar-refractivity contribution in [2.45, 2.75) is 40.5 Å². The SMILES string of the molecule is CS(=O)(=O)c1sc(NC(=O)Nc2ncccc2C(=O)C2CCCC2)nc1CSc1ccccc1. The highest BCUT2D eigenvalue weighted by molar-refractivity contribution is 7.98.